The molecular formula is C20H19N. The number of allylic oxidation sites excluding steroid dienone is 2. The highest BCUT2D eigenvalue weighted by molar-refractivity contribution is 5.75. The third-order valence-electron chi connectivity index (χ3n) is 4.44. The van der Waals surface area contributed by atoms with Crippen LogP contribution in [0.1, 0.15) is 22.6 Å². The van der Waals surface area contributed by atoms with Gasteiger partial charge in [0.2, 0.25) is 0 Å². The average Bonchev–Trinajstić information content (AvgIpc) is 2.81. The maximum atomic E-state index is 2.49. The molecule has 1 heteroatoms. The van der Waals surface area contributed by atoms with E-state index in [-0.39, 0.29) is 0 Å². The summed E-state index contributed by atoms with van der Waals surface area (Å²) in [5.74, 6) is 0.465. The molecule has 2 aromatic carbocycles. The van der Waals surface area contributed by atoms with Gasteiger partial charge < -0.3 is 4.90 Å². The highest BCUT2D eigenvalue weighted by Gasteiger charge is 2.36. The standard InChI is InChI=1S/C20H19N/c1-14-11-15(2)13-16(12-14)21-19-9-5-3-7-17(19)18-8-4-6-10-20(18)21/h3-13,17,19H,1-2H3. The van der Waals surface area contributed by atoms with E-state index in [1.165, 1.54) is 28.1 Å². The van der Waals surface area contributed by atoms with Gasteiger partial charge in [-0.3, -0.25) is 0 Å². The Morgan fingerprint density at radius 1 is 0.857 bits per heavy atom. The number of nitrogens with zero attached hydrogens (tertiary/aromatic N) is 1. The lowest BCUT2D eigenvalue weighted by Gasteiger charge is -2.29. The minimum absolute atomic E-state index is 0.397. The fourth-order valence-electron chi connectivity index (χ4n) is 3.68. The Hall–Kier alpha value is -2.28. The second kappa shape index (κ2) is 4.63. The van der Waals surface area contributed by atoms with Crippen LogP contribution in [-0.2, 0) is 0 Å². The number of hydrogen-bond donors (Lipinski definition) is 0. The van der Waals surface area contributed by atoms with Gasteiger partial charge in [0.1, 0.15) is 0 Å². The van der Waals surface area contributed by atoms with Crippen LogP contribution < -0.4 is 4.90 Å². The second-order valence-electron chi connectivity index (χ2n) is 6.06. The van der Waals surface area contributed by atoms with Crippen LogP contribution in [0.5, 0.6) is 0 Å². The molecule has 0 saturated heterocycles. The molecule has 2 atom stereocenters. The van der Waals surface area contributed by atoms with Gasteiger partial charge in [0, 0.05) is 17.3 Å². The number of aryl methyl sites for hydroxylation is 2. The molecule has 104 valence electrons. The van der Waals surface area contributed by atoms with Crippen LogP contribution >= 0.6 is 0 Å². The quantitative estimate of drug-likeness (QED) is 0.704. The third kappa shape index (κ3) is 1.92. The van der Waals surface area contributed by atoms with Crippen LogP contribution in [0.3, 0.4) is 0 Å². The van der Waals surface area contributed by atoms with Gasteiger partial charge in [-0.2, -0.15) is 0 Å². The van der Waals surface area contributed by atoms with Crippen molar-refractivity contribution < 1.29 is 0 Å². The molecule has 4 rings (SSSR count). The zero-order valence-corrected chi connectivity index (χ0v) is 12.5. The Kier molecular flexibility index (Phi) is 2.75. The summed E-state index contributed by atoms with van der Waals surface area (Å²) in [4.78, 5) is 2.49. The molecule has 0 fully saturated rings. The Morgan fingerprint density at radius 2 is 1.57 bits per heavy atom. The fraction of sp³-hybridized carbons (Fsp3) is 0.200. The number of anilines is 2. The number of benzene rings is 2. The van der Waals surface area contributed by atoms with E-state index in [4.69, 9.17) is 0 Å². The lowest BCUT2D eigenvalue weighted by Crippen LogP contribution is -2.28. The number of rotatable bonds is 1. The Morgan fingerprint density at radius 3 is 2.38 bits per heavy atom. The van der Waals surface area contributed by atoms with Crippen molar-refractivity contribution in [2.75, 3.05) is 4.90 Å². The highest BCUT2D eigenvalue weighted by Crippen LogP contribution is 2.47. The van der Waals surface area contributed by atoms with Crippen molar-refractivity contribution in [2.45, 2.75) is 25.8 Å². The SMILES string of the molecule is Cc1cc(C)cc(N2c3ccccc3C3C=CC=CC32)c1. The summed E-state index contributed by atoms with van der Waals surface area (Å²) < 4.78 is 0. The zero-order chi connectivity index (χ0) is 14.4. The van der Waals surface area contributed by atoms with Gasteiger partial charge in [0.15, 0.2) is 0 Å². The van der Waals surface area contributed by atoms with E-state index in [0.29, 0.717) is 12.0 Å². The molecule has 0 radical (unpaired) electrons. The van der Waals surface area contributed by atoms with Gasteiger partial charge in [-0.15, -0.1) is 0 Å². The summed E-state index contributed by atoms with van der Waals surface area (Å²) in [5, 5.41) is 0. The molecule has 0 N–H and O–H groups in total. The van der Waals surface area contributed by atoms with Crippen molar-refractivity contribution in [1.82, 2.24) is 0 Å². The Labute approximate surface area is 126 Å². The predicted octanol–water partition coefficient (Wildman–Crippen LogP) is 5.03. The third-order valence-corrected chi connectivity index (χ3v) is 4.44. The van der Waals surface area contributed by atoms with E-state index in [1.807, 2.05) is 0 Å². The molecule has 2 aromatic rings. The first-order valence-corrected chi connectivity index (χ1v) is 7.55. The topological polar surface area (TPSA) is 3.24 Å². The van der Waals surface area contributed by atoms with Gasteiger partial charge in [-0.05, 0) is 48.7 Å². The van der Waals surface area contributed by atoms with E-state index in [0.717, 1.165) is 0 Å². The van der Waals surface area contributed by atoms with Crippen molar-refractivity contribution in [3.8, 4) is 0 Å². The fourth-order valence-corrected chi connectivity index (χ4v) is 3.68. The van der Waals surface area contributed by atoms with Crippen molar-refractivity contribution in [3.05, 3.63) is 83.5 Å². The van der Waals surface area contributed by atoms with Gasteiger partial charge >= 0.3 is 0 Å². The highest BCUT2D eigenvalue weighted by atomic mass is 15.2. The molecule has 0 spiro atoms. The van der Waals surface area contributed by atoms with E-state index in [1.54, 1.807) is 0 Å². The maximum Gasteiger partial charge on any atom is 0.0629 e. The molecule has 1 aliphatic heterocycles. The predicted molar refractivity (Wildman–Crippen MR) is 89.3 cm³/mol. The monoisotopic (exact) mass is 273 g/mol. The molecule has 1 nitrogen and oxygen atoms in total. The molecule has 0 aromatic heterocycles. The van der Waals surface area contributed by atoms with Gasteiger partial charge in [0.25, 0.3) is 0 Å². The molecule has 0 amide bonds. The van der Waals surface area contributed by atoms with Gasteiger partial charge in [0.05, 0.1) is 6.04 Å². The maximum absolute atomic E-state index is 2.49. The molecule has 2 unspecified atom stereocenters. The molecule has 1 heterocycles. The minimum Gasteiger partial charge on any atom is -0.333 e. The summed E-state index contributed by atoms with van der Waals surface area (Å²) in [5.41, 5.74) is 6.71. The first kappa shape index (κ1) is 12.5. The molecular weight excluding hydrogens is 254 g/mol. The summed E-state index contributed by atoms with van der Waals surface area (Å²) in [6, 6.07) is 16.0. The zero-order valence-electron chi connectivity index (χ0n) is 12.5. The van der Waals surface area contributed by atoms with Crippen LogP contribution in [0.25, 0.3) is 0 Å². The average molecular weight is 273 g/mol. The molecule has 0 bridgehead atoms. The second-order valence-corrected chi connectivity index (χ2v) is 6.06. The molecule has 21 heavy (non-hydrogen) atoms. The number of fused-ring (bicyclic) bond motifs is 3. The van der Waals surface area contributed by atoms with Crippen LogP contribution in [-0.4, -0.2) is 6.04 Å². The summed E-state index contributed by atoms with van der Waals surface area (Å²) in [7, 11) is 0. The van der Waals surface area contributed by atoms with E-state index in [9.17, 15) is 0 Å². The van der Waals surface area contributed by atoms with Gasteiger partial charge in [-0.1, -0.05) is 48.6 Å². The van der Waals surface area contributed by atoms with E-state index >= 15 is 0 Å². The molecule has 0 saturated carbocycles. The van der Waals surface area contributed by atoms with Gasteiger partial charge in [-0.25, -0.2) is 0 Å². The molecule has 2 aliphatic rings. The van der Waals surface area contributed by atoms with Crippen molar-refractivity contribution in [1.29, 1.82) is 0 Å². The minimum atomic E-state index is 0.397. The lowest BCUT2D eigenvalue weighted by atomic mass is 9.91. The van der Waals surface area contributed by atoms with Crippen molar-refractivity contribution in [2.24, 2.45) is 0 Å². The summed E-state index contributed by atoms with van der Waals surface area (Å²) in [6.07, 6.45) is 8.99. The number of hydrogen-bond acceptors (Lipinski definition) is 1. The smallest absolute Gasteiger partial charge is 0.0629 e. The van der Waals surface area contributed by atoms with Crippen LogP contribution in [0.15, 0.2) is 66.8 Å². The normalized spacial score (nSPS) is 22.3. The van der Waals surface area contributed by atoms with Crippen LogP contribution in [0, 0.1) is 13.8 Å². The largest absolute Gasteiger partial charge is 0.333 e. The van der Waals surface area contributed by atoms with E-state index < -0.39 is 0 Å². The van der Waals surface area contributed by atoms with Crippen LogP contribution in [0.2, 0.25) is 0 Å². The first-order valence-electron chi connectivity index (χ1n) is 7.55. The Balaban J connectivity index is 1.91. The summed E-state index contributed by atoms with van der Waals surface area (Å²) >= 11 is 0. The van der Waals surface area contributed by atoms with E-state index in [2.05, 4.69) is 85.5 Å². The van der Waals surface area contributed by atoms with Crippen LogP contribution in [0.4, 0.5) is 11.4 Å². The summed E-state index contributed by atoms with van der Waals surface area (Å²) in [6.45, 7) is 4.35. The molecule has 1 aliphatic carbocycles. The van der Waals surface area contributed by atoms with Crippen molar-refractivity contribution >= 4 is 11.4 Å². The first-order chi connectivity index (χ1) is 10.2. The number of para-hydroxylation sites is 1. The Bertz CT molecular complexity index is 734. The van der Waals surface area contributed by atoms with Crippen molar-refractivity contribution in [3.63, 3.8) is 0 Å². The lowest BCUT2D eigenvalue weighted by molar-refractivity contribution is 0.744.